The van der Waals surface area contributed by atoms with Crippen LogP contribution in [0.2, 0.25) is 0 Å². The highest BCUT2D eigenvalue weighted by atomic mass is 16.6. The second-order valence-corrected chi connectivity index (χ2v) is 8.92. The van der Waals surface area contributed by atoms with Crippen molar-refractivity contribution in [3.63, 3.8) is 0 Å². The van der Waals surface area contributed by atoms with E-state index in [1.807, 2.05) is 25.7 Å². The Hall–Kier alpha value is -2.12. The molecule has 164 valence electrons. The first-order valence-corrected chi connectivity index (χ1v) is 10.7. The quantitative estimate of drug-likeness (QED) is 0.654. The number of carbonyl (C=O) groups is 2. The molecular weight excluding hydrogens is 372 g/mol. The van der Waals surface area contributed by atoms with Gasteiger partial charge in [0.15, 0.2) is 5.82 Å². The summed E-state index contributed by atoms with van der Waals surface area (Å²) in [7, 11) is 1.76. The number of ether oxygens (including phenoxy) is 1. The molecule has 1 aliphatic rings. The number of hydrogen-bond donors (Lipinski definition) is 0. The van der Waals surface area contributed by atoms with Gasteiger partial charge in [0.2, 0.25) is 11.8 Å². The van der Waals surface area contributed by atoms with E-state index in [1.54, 1.807) is 11.9 Å². The molecule has 2 heterocycles. The molecule has 8 heteroatoms. The van der Waals surface area contributed by atoms with Crippen molar-refractivity contribution in [2.24, 2.45) is 5.92 Å². The molecule has 0 N–H and O–H groups in total. The summed E-state index contributed by atoms with van der Waals surface area (Å²) in [5, 5.41) is 3.94. The normalized spacial score (nSPS) is 17.3. The summed E-state index contributed by atoms with van der Waals surface area (Å²) >= 11 is 0. The minimum atomic E-state index is -0.504. The van der Waals surface area contributed by atoms with Gasteiger partial charge in [-0.3, -0.25) is 4.79 Å². The highest BCUT2D eigenvalue weighted by Crippen LogP contribution is 2.20. The second kappa shape index (κ2) is 10.6. The summed E-state index contributed by atoms with van der Waals surface area (Å²) in [6.07, 6.45) is 5.25. The highest BCUT2D eigenvalue weighted by molar-refractivity contribution is 5.76. The van der Waals surface area contributed by atoms with Crippen LogP contribution >= 0.6 is 0 Å². The van der Waals surface area contributed by atoms with Crippen molar-refractivity contribution in [3.05, 3.63) is 11.7 Å². The Labute approximate surface area is 174 Å². The molecule has 1 unspecified atom stereocenters. The molecule has 0 spiro atoms. The van der Waals surface area contributed by atoms with E-state index in [1.165, 1.54) is 0 Å². The van der Waals surface area contributed by atoms with Gasteiger partial charge in [-0.2, -0.15) is 4.98 Å². The molecule has 1 aromatic rings. The SMILES string of the molecule is CCCc1noc(CCCC(=O)N2CCCC(CN(C)C(=O)OC(C)(C)C)C2)n1. The van der Waals surface area contributed by atoms with Crippen LogP contribution in [0.25, 0.3) is 0 Å². The summed E-state index contributed by atoms with van der Waals surface area (Å²) in [5.41, 5.74) is -0.504. The van der Waals surface area contributed by atoms with E-state index in [0.717, 1.165) is 38.1 Å². The number of rotatable bonds is 8. The van der Waals surface area contributed by atoms with Crippen molar-refractivity contribution >= 4 is 12.0 Å². The maximum atomic E-state index is 12.6. The van der Waals surface area contributed by atoms with E-state index in [-0.39, 0.29) is 17.9 Å². The molecule has 0 aliphatic carbocycles. The van der Waals surface area contributed by atoms with Gasteiger partial charge in [-0.25, -0.2) is 4.79 Å². The van der Waals surface area contributed by atoms with Gasteiger partial charge in [0.1, 0.15) is 5.60 Å². The summed E-state index contributed by atoms with van der Waals surface area (Å²) < 4.78 is 10.6. The van der Waals surface area contributed by atoms with Gasteiger partial charge in [-0.05, 0) is 52.4 Å². The Morgan fingerprint density at radius 2 is 2.07 bits per heavy atom. The maximum absolute atomic E-state index is 12.6. The molecule has 2 rings (SSSR count). The number of aromatic nitrogens is 2. The summed E-state index contributed by atoms with van der Waals surface area (Å²) in [6, 6.07) is 0. The minimum Gasteiger partial charge on any atom is -0.444 e. The smallest absolute Gasteiger partial charge is 0.410 e. The fourth-order valence-corrected chi connectivity index (χ4v) is 3.51. The van der Waals surface area contributed by atoms with Gasteiger partial charge < -0.3 is 19.1 Å². The van der Waals surface area contributed by atoms with Crippen LogP contribution in [-0.4, -0.2) is 64.2 Å². The third-order valence-corrected chi connectivity index (χ3v) is 4.87. The fourth-order valence-electron chi connectivity index (χ4n) is 3.51. The lowest BCUT2D eigenvalue weighted by Crippen LogP contribution is -2.45. The maximum Gasteiger partial charge on any atom is 0.410 e. The zero-order valence-electron chi connectivity index (χ0n) is 18.6. The molecule has 0 radical (unpaired) electrons. The molecule has 2 amide bonds. The molecule has 1 fully saturated rings. The van der Waals surface area contributed by atoms with Crippen LogP contribution in [0.4, 0.5) is 4.79 Å². The number of hydrogen-bond acceptors (Lipinski definition) is 6. The van der Waals surface area contributed by atoms with Crippen molar-refractivity contribution in [1.29, 1.82) is 0 Å². The van der Waals surface area contributed by atoms with E-state index in [0.29, 0.717) is 38.2 Å². The van der Waals surface area contributed by atoms with E-state index >= 15 is 0 Å². The standard InChI is InChI=1S/C21H36N4O4/c1-6-9-17-22-18(29-23-17)11-7-12-19(26)25-13-8-10-16(15-25)14-24(5)20(27)28-21(2,3)4/h16H,6-15H2,1-5H3. The second-order valence-electron chi connectivity index (χ2n) is 8.92. The summed E-state index contributed by atoms with van der Waals surface area (Å²) in [6.45, 7) is 9.72. The Balaban J connectivity index is 1.74. The van der Waals surface area contributed by atoms with Gasteiger partial charge >= 0.3 is 6.09 Å². The molecule has 0 bridgehead atoms. The first-order valence-electron chi connectivity index (χ1n) is 10.7. The van der Waals surface area contributed by atoms with E-state index in [4.69, 9.17) is 9.26 Å². The number of aryl methyl sites for hydroxylation is 2. The number of amides is 2. The van der Waals surface area contributed by atoms with Gasteiger partial charge in [-0.15, -0.1) is 0 Å². The average Bonchev–Trinajstić information content (AvgIpc) is 3.08. The molecule has 0 aromatic carbocycles. The first kappa shape index (κ1) is 23.2. The largest absolute Gasteiger partial charge is 0.444 e. The molecule has 1 saturated heterocycles. The average molecular weight is 409 g/mol. The molecular formula is C21H36N4O4. The van der Waals surface area contributed by atoms with Crippen LogP contribution in [-0.2, 0) is 22.4 Å². The molecule has 1 aromatic heterocycles. The van der Waals surface area contributed by atoms with E-state index in [2.05, 4.69) is 17.1 Å². The highest BCUT2D eigenvalue weighted by Gasteiger charge is 2.27. The van der Waals surface area contributed by atoms with Gasteiger partial charge in [0.05, 0.1) is 0 Å². The zero-order valence-corrected chi connectivity index (χ0v) is 18.6. The zero-order chi connectivity index (χ0) is 21.4. The van der Waals surface area contributed by atoms with Crippen molar-refractivity contribution in [3.8, 4) is 0 Å². The first-order chi connectivity index (χ1) is 13.7. The van der Waals surface area contributed by atoms with Crippen LogP contribution in [0.5, 0.6) is 0 Å². The Kier molecular flexibility index (Phi) is 8.46. The third kappa shape index (κ3) is 8.03. The minimum absolute atomic E-state index is 0.155. The van der Waals surface area contributed by atoms with E-state index < -0.39 is 5.60 Å². The number of piperidine rings is 1. The Morgan fingerprint density at radius 3 is 2.76 bits per heavy atom. The number of carbonyl (C=O) groups excluding carboxylic acids is 2. The number of likely N-dealkylation sites (tertiary alicyclic amines) is 1. The van der Waals surface area contributed by atoms with Crippen molar-refractivity contribution in [1.82, 2.24) is 19.9 Å². The van der Waals surface area contributed by atoms with Crippen LogP contribution in [0.15, 0.2) is 4.52 Å². The molecule has 1 aliphatic heterocycles. The summed E-state index contributed by atoms with van der Waals surface area (Å²) in [5.74, 6) is 1.78. The van der Waals surface area contributed by atoms with Crippen LogP contribution in [0.3, 0.4) is 0 Å². The van der Waals surface area contributed by atoms with Crippen LogP contribution in [0.1, 0.15) is 71.5 Å². The monoisotopic (exact) mass is 408 g/mol. The van der Waals surface area contributed by atoms with Gasteiger partial charge in [0, 0.05) is 45.9 Å². The lowest BCUT2D eigenvalue weighted by atomic mass is 9.97. The summed E-state index contributed by atoms with van der Waals surface area (Å²) in [4.78, 5) is 32.7. The topological polar surface area (TPSA) is 88.8 Å². The molecule has 1 atom stereocenters. The van der Waals surface area contributed by atoms with Gasteiger partial charge in [0.25, 0.3) is 0 Å². The Bertz CT molecular complexity index is 668. The fraction of sp³-hybridized carbons (Fsp3) is 0.810. The number of nitrogens with zero attached hydrogens (tertiary/aromatic N) is 4. The van der Waals surface area contributed by atoms with E-state index in [9.17, 15) is 9.59 Å². The van der Waals surface area contributed by atoms with Crippen LogP contribution in [0, 0.1) is 5.92 Å². The predicted octanol–water partition coefficient (Wildman–Crippen LogP) is 3.45. The lowest BCUT2D eigenvalue weighted by molar-refractivity contribution is -0.133. The Morgan fingerprint density at radius 1 is 1.31 bits per heavy atom. The van der Waals surface area contributed by atoms with Crippen molar-refractivity contribution in [2.45, 2.75) is 78.2 Å². The molecule has 29 heavy (non-hydrogen) atoms. The molecule has 0 saturated carbocycles. The van der Waals surface area contributed by atoms with Crippen LogP contribution < -0.4 is 0 Å². The van der Waals surface area contributed by atoms with Crippen molar-refractivity contribution in [2.75, 3.05) is 26.7 Å². The predicted molar refractivity (Wildman–Crippen MR) is 109 cm³/mol. The third-order valence-electron chi connectivity index (χ3n) is 4.87. The lowest BCUT2D eigenvalue weighted by Gasteiger charge is -2.35. The van der Waals surface area contributed by atoms with Crippen molar-refractivity contribution < 1.29 is 18.8 Å². The molecule has 8 nitrogen and oxygen atoms in total. The van der Waals surface area contributed by atoms with Gasteiger partial charge in [-0.1, -0.05) is 12.1 Å².